The van der Waals surface area contributed by atoms with Crippen LogP contribution < -0.4 is 11.3 Å². The number of rotatable bonds is 4. The van der Waals surface area contributed by atoms with Crippen LogP contribution in [0.15, 0.2) is 28.7 Å². The Hall–Kier alpha value is -1.11. The average molecular weight is 311 g/mol. The number of hydrazine groups is 1. The molecule has 3 rings (SSSR count). The van der Waals surface area contributed by atoms with Crippen molar-refractivity contribution >= 4 is 22.6 Å². The number of nitrogens with two attached hydrogens (primary N) is 1. The minimum atomic E-state index is -0.437. The summed E-state index contributed by atoms with van der Waals surface area (Å²) >= 11 is 6.18. The Bertz CT molecular complexity index is 622. The maximum absolute atomic E-state index is 6.18. The van der Waals surface area contributed by atoms with E-state index in [4.69, 9.17) is 31.3 Å². The molecule has 0 spiro atoms. The van der Waals surface area contributed by atoms with Crippen molar-refractivity contribution in [2.75, 3.05) is 20.3 Å². The van der Waals surface area contributed by atoms with E-state index < -0.39 is 5.60 Å². The lowest BCUT2D eigenvalue weighted by Gasteiger charge is -2.40. The van der Waals surface area contributed by atoms with Crippen molar-refractivity contribution in [3.63, 3.8) is 0 Å². The molecule has 1 unspecified atom stereocenters. The summed E-state index contributed by atoms with van der Waals surface area (Å²) in [5.74, 6) is 6.52. The Labute approximate surface area is 128 Å². The highest BCUT2D eigenvalue weighted by Gasteiger charge is 2.43. The molecule has 3 N–H and O–H groups in total. The standard InChI is InChI=1S/C15H19ClN2O3/c1-19-15(5-7-20-8-6-15)14(18-17)12-9-10-3-2-4-11(16)13(10)21-12/h2-4,9,14,18H,5-8,17H2,1H3. The van der Waals surface area contributed by atoms with Crippen LogP contribution in [-0.4, -0.2) is 25.9 Å². The van der Waals surface area contributed by atoms with E-state index in [9.17, 15) is 0 Å². The lowest BCUT2D eigenvalue weighted by Crippen LogP contribution is -2.51. The monoisotopic (exact) mass is 310 g/mol. The molecule has 1 saturated heterocycles. The summed E-state index contributed by atoms with van der Waals surface area (Å²) in [6, 6.07) is 7.38. The maximum Gasteiger partial charge on any atom is 0.152 e. The first-order valence-electron chi connectivity index (χ1n) is 6.97. The van der Waals surface area contributed by atoms with Gasteiger partial charge in [0.25, 0.3) is 0 Å². The van der Waals surface area contributed by atoms with Gasteiger partial charge in [0.05, 0.1) is 10.6 Å². The molecule has 0 saturated carbocycles. The van der Waals surface area contributed by atoms with Gasteiger partial charge in [0.15, 0.2) is 5.58 Å². The summed E-state index contributed by atoms with van der Waals surface area (Å²) in [6.07, 6.45) is 1.51. The van der Waals surface area contributed by atoms with Gasteiger partial charge in [0, 0.05) is 38.6 Å². The average Bonchev–Trinajstić information content (AvgIpc) is 2.94. The second kappa shape index (κ2) is 5.94. The predicted octanol–water partition coefficient (Wildman–Crippen LogP) is 2.79. The molecule has 2 aromatic rings. The zero-order valence-electron chi connectivity index (χ0n) is 11.9. The predicted molar refractivity (Wildman–Crippen MR) is 81.1 cm³/mol. The molecule has 1 aromatic carbocycles. The smallest absolute Gasteiger partial charge is 0.152 e. The van der Waals surface area contributed by atoms with Crippen molar-refractivity contribution in [3.05, 3.63) is 35.0 Å². The lowest BCUT2D eigenvalue weighted by molar-refractivity contribution is -0.114. The second-order valence-electron chi connectivity index (χ2n) is 5.29. The van der Waals surface area contributed by atoms with E-state index in [-0.39, 0.29) is 6.04 Å². The van der Waals surface area contributed by atoms with Crippen LogP contribution in [0, 0.1) is 0 Å². The molecule has 1 aliphatic heterocycles. The topological polar surface area (TPSA) is 69.7 Å². The van der Waals surface area contributed by atoms with Crippen LogP contribution in [0.4, 0.5) is 0 Å². The second-order valence-corrected chi connectivity index (χ2v) is 5.70. The van der Waals surface area contributed by atoms with Gasteiger partial charge in [-0.2, -0.15) is 0 Å². The number of methoxy groups -OCH3 is 1. The van der Waals surface area contributed by atoms with Crippen molar-refractivity contribution < 1.29 is 13.9 Å². The molecule has 1 fully saturated rings. The third-order valence-electron chi connectivity index (χ3n) is 4.24. The Balaban J connectivity index is 2.02. The zero-order valence-corrected chi connectivity index (χ0v) is 12.7. The number of para-hydroxylation sites is 1. The molecule has 0 radical (unpaired) electrons. The third kappa shape index (κ3) is 2.56. The van der Waals surface area contributed by atoms with Gasteiger partial charge in [-0.05, 0) is 12.1 Å². The highest BCUT2D eigenvalue weighted by atomic mass is 35.5. The molecule has 5 nitrogen and oxygen atoms in total. The molecule has 1 atom stereocenters. The van der Waals surface area contributed by atoms with Gasteiger partial charge in [0.2, 0.25) is 0 Å². The van der Waals surface area contributed by atoms with Crippen LogP contribution in [-0.2, 0) is 9.47 Å². The number of hydrogen-bond acceptors (Lipinski definition) is 5. The van der Waals surface area contributed by atoms with Gasteiger partial charge in [-0.25, -0.2) is 5.43 Å². The Kier molecular flexibility index (Phi) is 4.19. The molecule has 0 bridgehead atoms. The fraction of sp³-hybridized carbons (Fsp3) is 0.467. The number of fused-ring (bicyclic) bond motifs is 1. The van der Waals surface area contributed by atoms with E-state index in [1.807, 2.05) is 24.3 Å². The van der Waals surface area contributed by atoms with Gasteiger partial charge in [-0.1, -0.05) is 23.7 Å². The summed E-state index contributed by atoms with van der Waals surface area (Å²) in [7, 11) is 1.70. The number of benzene rings is 1. The molecular weight excluding hydrogens is 292 g/mol. The van der Waals surface area contributed by atoms with Crippen molar-refractivity contribution in [2.45, 2.75) is 24.5 Å². The largest absolute Gasteiger partial charge is 0.458 e. The minimum Gasteiger partial charge on any atom is -0.458 e. The minimum absolute atomic E-state index is 0.255. The molecular formula is C15H19ClN2O3. The SMILES string of the molecule is COC1(C(NN)c2cc3cccc(Cl)c3o2)CCOCC1. The summed E-state index contributed by atoms with van der Waals surface area (Å²) in [5, 5.41) is 1.55. The van der Waals surface area contributed by atoms with Crippen molar-refractivity contribution in [1.82, 2.24) is 5.43 Å². The molecule has 0 amide bonds. The number of ether oxygens (including phenoxy) is 2. The van der Waals surface area contributed by atoms with Crippen molar-refractivity contribution in [3.8, 4) is 0 Å². The lowest BCUT2D eigenvalue weighted by atomic mass is 9.85. The first-order chi connectivity index (χ1) is 10.2. The fourth-order valence-electron chi connectivity index (χ4n) is 3.01. The van der Waals surface area contributed by atoms with E-state index in [0.29, 0.717) is 23.8 Å². The van der Waals surface area contributed by atoms with Gasteiger partial charge >= 0.3 is 0 Å². The first kappa shape index (κ1) is 14.8. The summed E-state index contributed by atoms with van der Waals surface area (Å²) in [5.41, 5.74) is 3.08. The summed E-state index contributed by atoms with van der Waals surface area (Å²) in [6.45, 7) is 1.29. The summed E-state index contributed by atoms with van der Waals surface area (Å²) in [4.78, 5) is 0. The maximum atomic E-state index is 6.18. The van der Waals surface area contributed by atoms with Crippen molar-refractivity contribution in [1.29, 1.82) is 0 Å². The third-order valence-corrected chi connectivity index (χ3v) is 4.54. The number of hydrogen-bond donors (Lipinski definition) is 2. The molecule has 114 valence electrons. The molecule has 21 heavy (non-hydrogen) atoms. The number of nitrogens with one attached hydrogen (secondary N) is 1. The van der Waals surface area contributed by atoms with Crippen LogP contribution in [0.3, 0.4) is 0 Å². The Morgan fingerprint density at radius 3 is 2.76 bits per heavy atom. The normalized spacial score (nSPS) is 19.8. The molecule has 2 heterocycles. The molecule has 1 aromatic heterocycles. The van der Waals surface area contributed by atoms with E-state index in [0.717, 1.165) is 24.0 Å². The van der Waals surface area contributed by atoms with E-state index in [1.165, 1.54) is 0 Å². The van der Waals surface area contributed by atoms with Crippen LogP contribution in [0.1, 0.15) is 24.6 Å². The molecule has 0 aliphatic carbocycles. The van der Waals surface area contributed by atoms with Crippen LogP contribution >= 0.6 is 11.6 Å². The van der Waals surface area contributed by atoms with Gasteiger partial charge in [-0.3, -0.25) is 5.84 Å². The van der Waals surface area contributed by atoms with Crippen LogP contribution in [0.25, 0.3) is 11.0 Å². The van der Waals surface area contributed by atoms with Crippen molar-refractivity contribution in [2.24, 2.45) is 5.84 Å². The number of furan rings is 1. The van der Waals surface area contributed by atoms with Gasteiger partial charge in [-0.15, -0.1) is 0 Å². The van der Waals surface area contributed by atoms with Gasteiger partial charge in [0.1, 0.15) is 11.8 Å². The number of halogens is 1. The fourth-order valence-corrected chi connectivity index (χ4v) is 3.23. The highest BCUT2D eigenvalue weighted by Crippen LogP contribution is 2.39. The van der Waals surface area contributed by atoms with Crippen LogP contribution in [0.5, 0.6) is 0 Å². The first-order valence-corrected chi connectivity index (χ1v) is 7.35. The molecule has 6 heteroatoms. The zero-order chi connectivity index (χ0) is 14.9. The van der Waals surface area contributed by atoms with Gasteiger partial charge < -0.3 is 13.9 Å². The van der Waals surface area contributed by atoms with E-state index >= 15 is 0 Å². The van der Waals surface area contributed by atoms with E-state index in [1.54, 1.807) is 7.11 Å². The summed E-state index contributed by atoms with van der Waals surface area (Å²) < 4.78 is 17.2. The van der Waals surface area contributed by atoms with Crippen LogP contribution in [0.2, 0.25) is 5.02 Å². The Morgan fingerprint density at radius 1 is 1.38 bits per heavy atom. The molecule has 1 aliphatic rings. The van der Waals surface area contributed by atoms with E-state index in [2.05, 4.69) is 5.43 Å². The quantitative estimate of drug-likeness (QED) is 0.671. The Morgan fingerprint density at radius 2 is 2.14 bits per heavy atom. The highest BCUT2D eigenvalue weighted by molar-refractivity contribution is 6.34.